The zero-order valence-electron chi connectivity index (χ0n) is 13.3. The number of aliphatic hydroxyl groups excluding tert-OH is 5. The van der Waals surface area contributed by atoms with Gasteiger partial charge in [0.15, 0.2) is 18.5 Å². The van der Waals surface area contributed by atoms with E-state index in [9.17, 15) is 30.3 Å². The first kappa shape index (κ1) is 18.6. The van der Waals surface area contributed by atoms with Crippen molar-refractivity contribution in [3.05, 3.63) is 0 Å². The van der Waals surface area contributed by atoms with Crippen molar-refractivity contribution >= 4 is 12.2 Å². The highest BCUT2D eigenvalue weighted by Crippen LogP contribution is 2.32. The molecule has 0 aromatic heterocycles. The van der Waals surface area contributed by atoms with Crippen molar-refractivity contribution in [2.75, 3.05) is 6.61 Å². The van der Waals surface area contributed by atoms with Crippen LogP contribution < -0.4 is 0 Å². The molecular formula is C14H21NO10. The summed E-state index contributed by atoms with van der Waals surface area (Å²) in [7, 11) is 0. The topological polar surface area (TPSA) is 168 Å². The number of hydrogen-bond donors (Lipinski definition) is 5. The van der Waals surface area contributed by atoms with Gasteiger partial charge in [0.1, 0.15) is 48.8 Å². The molecule has 142 valence electrons. The number of aliphatic imine (C=N–C) groups is 1. The van der Waals surface area contributed by atoms with Gasteiger partial charge in [-0.25, -0.2) is 4.99 Å². The van der Waals surface area contributed by atoms with Crippen LogP contribution in [-0.4, -0.2) is 106 Å². The van der Waals surface area contributed by atoms with Crippen molar-refractivity contribution in [2.45, 2.75) is 68.3 Å². The molecule has 4 unspecified atom stereocenters. The smallest absolute Gasteiger partial charge is 0.227 e. The molecule has 2 saturated heterocycles. The Morgan fingerprint density at radius 3 is 2.48 bits per heavy atom. The zero-order chi connectivity index (χ0) is 18.3. The van der Waals surface area contributed by atoms with E-state index in [0.29, 0.717) is 5.90 Å². The van der Waals surface area contributed by atoms with Crippen LogP contribution in [0.25, 0.3) is 0 Å². The average Bonchev–Trinajstić information content (AvgIpc) is 2.97. The summed E-state index contributed by atoms with van der Waals surface area (Å²) in [6.07, 6.45) is -12.0. The molecule has 3 aliphatic heterocycles. The Morgan fingerprint density at radius 1 is 1.12 bits per heavy atom. The molecule has 0 bridgehead atoms. The predicted molar refractivity (Wildman–Crippen MR) is 77.4 cm³/mol. The Kier molecular flexibility index (Phi) is 5.37. The molecular weight excluding hydrogens is 342 g/mol. The first-order valence-electron chi connectivity index (χ1n) is 7.83. The third-order valence-corrected chi connectivity index (χ3v) is 4.47. The molecule has 0 amide bonds. The van der Waals surface area contributed by atoms with Gasteiger partial charge in [-0.1, -0.05) is 0 Å². The number of nitrogens with zero attached hydrogens (tertiary/aromatic N) is 1. The largest absolute Gasteiger partial charge is 0.450 e. The maximum absolute atomic E-state index is 10.9. The molecule has 3 rings (SSSR count). The van der Waals surface area contributed by atoms with E-state index in [1.807, 2.05) is 0 Å². The summed E-state index contributed by atoms with van der Waals surface area (Å²) >= 11 is 0. The maximum atomic E-state index is 10.9. The molecule has 2 fully saturated rings. The molecule has 0 radical (unpaired) electrons. The average molecular weight is 363 g/mol. The number of carbonyl (C=O) groups is 1. The first-order chi connectivity index (χ1) is 11.9. The van der Waals surface area contributed by atoms with Crippen LogP contribution in [0, 0.1) is 0 Å². The second kappa shape index (κ2) is 7.21. The molecule has 0 saturated carbocycles. The van der Waals surface area contributed by atoms with E-state index in [0.717, 1.165) is 0 Å². The summed E-state index contributed by atoms with van der Waals surface area (Å²) < 4.78 is 21.4. The van der Waals surface area contributed by atoms with Gasteiger partial charge in [-0.15, -0.1) is 0 Å². The van der Waals surface area contributed by atoms with Gasteiger partial charge in [0.2, 0.25) is 6.29 Å². The lowest BCUT2D eigenvalue weighted by Gasteiger charge is -2.44. The van der Waals surface area contributed by atoms with Crippen LogP contribution in [-0.2, 0) is 23.7 Å². The summed E-state index contributed by atoms with van der Waals surface area (Å²) in [5.41, 5.74) is 0. The summed E-state index contributed by atoms with van der Waals surface area (Å²) in [5.74, 6) is 0.305. The van der Waals surface area contributed by atoms with Gasteiger partial charge in [-0.3, -0.25) is 0 Å². The fourth-order valence-corrected chi connectivity index (χ4v) is 3.12. The van der Waals surface area contributed by atoms with Gasteiger partial charge in [0, 0.05) is 6.92 Å². The molecule has 10 atom stereocenters. The predicted octanol–water partition coefficient (Wildman–Crippen LogP) is -3.73. The lowest BCUT2D eigenvalue weighted by molar-refractivity contribution is -0.333. The summed E-state index contributed by atoms with van der Waals surface area (Å²) in [6.45, 7) is 1.05. The molecule has 0 aliphatic carbocycles. The van der Waals surface area contributed by atoms with Gasteiger partial charge in [-0.05, 0) is 0 Å². The van der Waals surface area contributed by atoms with Gasteiger partial charge in [-0.2, -0.15) is 0 Å². The number of rotatable bonds is 4. The van der Waals surface area contributed by atoms with E-state index < -0.39 is 68.0 Å². The highest BCUT2D eigenvalue weighted by molar-refractivity contribution is 5.75. The van der Waals surface area contributed by atoms with E-state index in [4.69, 9.17) is 18.9 Å². The molecule has 0 spiro atoms. The first-order valence-corrected chi connectivity index (χ1v) is 7.83. The minimum absolute atomic E-state index is 0.266. The molecule has 3 heterocycles. The minimum Gasteiger partial charge on any atom is -0.450 e. The van der Waals surface area contributed by atoms with Gasteiger partial charge >= 0.3 is 0 Å². The number of fused-ring (bicyclic) bond motifs is 1. The number of aldehydes is 1. The molecule has 3 aliphatic rings. The highest BCUT2D eigenvalue weighted by Gasteiger charge is 2.52. The lowest BCUT2D eigenvalue weighted by Crippen LogP contribution is -2.63. The normalized spacial score (nSPS) is 49.9. The minimum atomic E-state index is -1.69. The van der Waals surface area contributed by atoms with Gasteiger partial charge < -0.3 is 49.3 Å². The maximum Gasteiger partial charge on any atom is 0.227 e. The van der Waals surface area contributed by atoms with Crippen LogP contribution in [0.15, 0.2) is 4.99 Å². The van der Waals surface area contributed by atoms with E-state index in [-0.39, 0.29) is 6.29 Å². The monoisotopic (exact) mass is 363 g/mol. The van der Waals surface area contributed by atoms with E-state index in [1.54, 1.807) is 6.92 Å². The summed E-state index contributed by atoms with van der Waals surface area (Å²) in [4.78, 5) is 15.0. The lowest BCUT2D eigenvalue weighted by atomic mass is 9.96. The second-order valence-electron chi connectivity index (χ2n) is 6.15. The van der Waals surface area contributed by atoms with E-state index in [2.05, 4.69) is 4.99 Å². The van der Waals surface area contributed by atoms with Crippen molar-refractivity contribution in [3.63, 3.8) is 0 Å². The number of ether oxygens (including phenoxy) is 4. The third-order valence-electron chi connectivity index (χ3n) is 4.47. The van der Waals surface area contributed by atoms with Crippen molar-refractivity contribution in [1.82, 2.24) is 0 Å². The van der Waals surface area contributed by atoms with Crippen molar-refractivity contribution in [1.29, 1.82) is 0 Å². The molecule has 0 aromatic carbocycles. The molecule has 5 N–H and O–H groups in total. The molecule has 11 heteroatoms. The quantitative estimate of drug-likeness (QED) is 0.313. The summed E-state index contributed by atoms with van der Waals surface area (Å²) in [5, 5.41) is 49.5. The fraction of sp³-hybridized carbons (Fsp3) is 0.857. The Hall–Kier alpha value is -1.18. The molecule has 0 aromatic rings. The zero-order valence-corrected chi connectivity index (χ0v) is 13.3. The van der Waals surface area contributed by atoms with Crippen LogP contribution in [0.3, 0.4) is 0 Å². The fourth-order valence-electron chi connectivity index (χ4n) is 3.12. The Labute approximate surface area is 142 Å². The summed E-state index contributed by atoms with van der Waals surface area (Å²) in [6, 6.07) is -0.800. The Balaban J connectivity index is 1.76. The number of carbonyl (C=O) groups excluding carboxylic acids is 1. The Bertz CT molecular complexity index is 530. The Morgan fingerprint density at radius 2 is 1.84 bits per heavy atom. The number of aliphatic hydroxyl groups is 5. The van der Waals surface area contributed by atoms with E-state index >= 15 is 0 Å². The van der Waals surface area contributed by atoms with Crippen LogP contribution in [0.1, 0.15) is 6.92 Å². The van der Waals surface area contributed by atoms with Crippen LogP contribution in [0.5, 0.6) is 0 Å². The van der Waals surface area contributed by atoms with Crippen LogP contribution in [0.2, 0.25) is 0 Å². The second-order valence-corrected chi connectivity index (χ2v) is 6.15. The van der Waals surface area contributed by atoms with Crippen molar-refractivity contribution in [2.24, 2.45) is 4.99 Å². The SMILES string of the molecule is CC1=NC2[C@@H](O1)OC(CO)[C@@H](O[C@@H]1OC(C=O)[C@H](O)[C@H](O)C1O)[C@@H]2O. The van der Waals surface area contributed by atoms with E-state index in [1.165, 1.54) is 0 Å². The van der Waals surface area contributed by atoms with Gasteiger partial charge in [0.05, 0.1) is 6.61 Å². The van der Waals surface area contributed by atoms with Gasteiger partial charge in [0.25, 0.3) is 0 Å². The standard InChI is InChI=1S/C14H21NO10/c1-4-15-7-9(19)12(6(3-17)24-13(7)22-4)25-14-11(21)10(20)8(18)5(2-16)23-14/h2,5-14,17-21H,3H2,1H3/t5?,6?,7?,8-,9+,10-,11?,12+,13-,14-/m0/s1. The van der Waals surface area contributed by atoms with Crippen LogP contribution >= 0.6 is 0 Å². The van der Waals surface area contributed by atoms with Crippen molar-refractivity contribution in [3.8, 4) is 0 Å². The van der Waals surface area contributed by atoms with Crippen LogP contribution in [0.4, 0.5) is 0 Å². The molecule has 25 heavy (non-hydrogen) atoms. The number of hydrogen-bond acceptors (Lipinski definition) is 11. The highest BCUT2D eigenvalue weighted by atomic mass is 16.7. The van der Waals surface area contributed by atoms with Crippen molar-refractivity contribution < 1.29 is 49.3 Å². The molecule has 11 nitrogen and oxygen atoms in total. The third kappa shape index (κ3) is 3.29.